The topological polar surface area (TPSA) is 74.6 Å². The molecule has 0 bridgehead atoms. The van der Waals surface area contributed by atoms with E-state index in [4.69, 9.17) is 0 Å². The average molecular weight is 461 g/mol. The number of carbonyl (C=O) groups is 1. The van der Waals surface area contributed by atoms with Crippen LogP contribution in [0.3, 0.4) is 0 Å². The zero-order chi connectivity index (χ0) is 22.6. The number of rotatable bonds is 7. The van der Waals surface area contributed by atoms with Crippen LogP contribution < -0.4 is 5.32 Å². The number of nitrogens with one attached hydrogen (secondary N) is 1. The Kier molecular flexibility index (Phi) is 7.53. The summed E-state index contributed by atoms with van der Waals surface area (Å²) in [4.78, 5) is 15.5. The van der Waals surface area contributed by atoms with Gasteiger partial charge in [0, 0.05) is 43.8 Å². The van der Waals surface area contributed by atoms with Crippen molar-refractivity contribution in [3.05, 3.63) is 30.5 Å². The van der Waals surface area contributed by atoms with Gasteiger partial charge in [0.2, 0.25) is 15.9 Å². The number of piperidine rings is 1. The van der Waals surface area contributed by atoms with Gasteiger partial charge in [-0.1, -0.05) is 12.8 Å². The number of hydrogen-bond acceptors (Lipinski definition) is 4. The lowest BCUT2D eigenvalue weighted by atomic mass is 9.99. The Hall–Kier alpha value is -1.90. The van der Waals surface area contributed by atoms with Gasteiger partial charge < -0.3 is 14.8 Å². The summed E-state index contributed by atoms with van der Waals surface area (Å²) in [6.07, 6.45) is 9.51. The summed E-state index contributed by atoms with van der Waals surface area (Å²) in [6, 6.07) is 7.18. The first-order valence-corrected chi connectivity index (χ1v) is 13.4. The van der Waals surface area contributed by atoms with Gasteiger partial charge in [0.1, 0.15) is 0 Å². The van der Waals surface area contributed by atoms with Crippen LogP contribution in [0.1, 0.15) is 44.9 Å². The summed E-state index contributed by atoms with van der Waals surface area (Å²) in [7, 11) is -1.67. The van der Waals surface area contributed by atoms with E-state index in [1.54, 1.807) is 12.1 Å². The van der Waals surface area contributed by atoms with Crippen LogP contribution in [0.15, 0.2) is 35.4 Å². The molecule has 2 aliphatic rings. The van der Waals surface area contributed by atoms with E-state index in [1.807, 2.05) is 29.9 Å². The molecular weight excluding hydrogens is 424 g/mol. The van der Waals surface area contributed by atoms with Crippen molar-refractivity contribution in [3.8, 4) is 0 Å². The molecule has 2 aliphatic heterocycles. The van der Waals surface area contributed by atoms with E-state index < -0.39 is 10.0 Å². The van der Waals surface area contributed by atoms with Crippen LogP contribution in [0.5, 0.6) is 0 Å². The lowest BCUT2D eigenvalue weighted by molar-refractivity contribution is -0.126. The minimum atomic E-state index is -3.62. The maximum Gasteiger partial charge on any atom is 0.243 e. The van der Waals surface area contributed by atoms with Gasteiger partial charge in [0.15, 0.2) is 0 Å². The Morgan fingerprint density at radius 1 is 1.06 bits per heavy atom. The lowest BCUT2D eigenvalue weighted by Gasteiger charge is -2.31. The zero-order valence-electron chi connectivity index (χ0n) is 19.1. The molecule has 0 spiro atoms. The zero-order valence-corrected chi connectivity index (χ0v) is 19.9. The van der Waals surface area contributed by atoms with Gasteiger partial charge in [0.25, 0.3) is 0 Å². The number of aryl methyl sites for hydroxylation is 1. The van der Waals surface area contributed by atoms with Gasteiger partial charge in [-0.2, -0.15) is 4.31 Å². The molecule has 1 N–H and O–H groups in total. The number of sulfonamides is 1. The Bertz CT molecular complexity index is 1030. The highest BCUT2D eigenvalue weighted by atomic mass is 32.2. The maximum absolute atomic E-state index is 13.3. The van der Waals surface area contributed by atoms with Gasteiger partial charge in [0.05, 0.1) is 10.8 Å². The molecule has 1 aromatic heterocycles. The van der Waals surface area contributed by atoms with Crippen molar-refractivity contribution in [3.63, 3.8) is 0 Å². The number of fused-ring (bicyclic) bond motifs is 1. The maximum atomic E-state index is 13.3. The molecule has 3 heterocycles. The number of amides is 1. The molecule has 0 radical (unpaired) electrons. The van der Waals surface area contributed by atoms with E-state index in [1.165, 1.54) is 30.0 Å². The number of benzene rings is 1. The number of hydrogen-bond donors (Lipinski definition) is 1. The first-order chi connectivity index (χ1) is 15.4. The van der Waals surface area contributed by atoms with Gasteiger partial charge >= 0.3 is 0 Å². The van der Waals surface area contributed by atoms with Gasteiger partial charge in [-0.3, -0.25) is 4.79 Å². The van der Waals surface area contributed by atoms with Crippen molar-refractivity contribution >= 4 is 26.8 Å². The van der Waals surface area contributed by atoms with E-state index in [0.29, 0.717) is 24.4 Å². The predicted octanol–water partition coefficient (Wildman–Crippen LogP) is 2.96. The summed E-state index contributed by atoms with van der Waals surface area (Å²) < 4.78 is 30.0. The van der Waals surface area contributed by atoms with Crippen molar-refractivity contribution < 1.29 is 13.2 Å². The van der Waals surface area contributed by atoms with E-state index in [0.717, 1.165) is 43.4 Å². The summed E-state index contributed by atoms with van der Waals surface area (Å²) in [5, 5.41) is 3.96. The molecular formula is C24H36N4O3S. The monoisotopic (exact) mass is 460 g/mol. The third kappa shape index (κ3) is 5.35. The van der Waals surface area contributed by atoms with Crippen molar-refractivity contribution in [2.75, 3.05) is 39.3 Å². The minimum Gasteiger partial charge on any atom is -0.356 e. The molecule has 7 nitrogen and oxygen atoms in total. The second kappa shape index (κ2) is 10.4. The Morgan fingerprint density at radius 3 is 2.62 bits per heavy atom. The number of nitrogens with zero attached hydrogens (tertiary/aromatic N) is 3. The standard InChI is InChI=1S/C24H36N4O3S/c1-26-17-11-20-18-22(9-10-23(20)26)32(30,31)28-16-6-8-21(19-28)24(29)25-12-7-15-27-13-4-2-3-5-14-27/h9-11,17-18,21H,2-8,12-16,19H2,1H3,(H,25,29)/t21-/m1/s1. The quantitative estimate of drug-likeness (QED) is 0.645. The molecule has 32 heavy (non-hydrogen) atoms. The van der Waals surface area contributed by atoms with Crippen LogP contribution in [0, 0.1) is 5.92 Å². The van der Waals surface area contributed by atoms with Gasteiger partial charge in [-0.25, -0.2) is 8.42 Å². The van der Waals surface area contributed by atoms with Crippen LogP contribution in [-0.2, 0) is 21.9 Å². The van der Waals surface area contributed by atoms with Gasteiger partial charge in [-0.15, -0.1) is 0 Å². The molecule has 2 aromatic rings. The normalized spacial score (nSPS) is 21.5. The molecule has 0 saturated carbocycles. The smallest absolute Gasteiger partial charge is 0.243 e. The van der Waals surface area contributed by atoms with E-state index in [2.05, 4.69) is 10.2 Å². The van der Waals surface area contributed by atoms with Gasteiger partial charge in [-0.05, 0) is 76.0 Å². The van der Waals surface area contributed by atoms with Crippen LogP contribution in [-0.4, -0.2) is 67.4 Å². The fourth-order valence-corrected chi connectivity index (χ4v) is 6.52. The predicted molar refractivity (Wildman–Crippen MR) is 127 cm³/mol. The van der Waals surface area contributed by atoms with Crippen LogP contribution in [0.2, 0.25) is 0 Å². The number of aromatic nitrogens is 1. The Balaban J connectivity index is 1.31. The largest absolute Gasteiger partial charge is 0.356 e. The second-order valence-electron chi connectivity index (χ2n) is 9.25. The number of likely N-dealkylation sites (tertiary alicyclic amines) is 1. The van der Waals surface area contributed by atoms with E-state index in [9.17, 15) is 13.2 Å². The van der Waals surface area contributed by atoms with E-state index in [-0.39, 0.29) is 18.4 Å². The van der Waals surface area contributed by atoms with Crippen LogP contribution >= 0.6 is 0 Å². The molecule has 0 unspecified atom stereocenters. The van der Waals surface area contributed by atoms with Crippen molar-refractivity contribution in [2.45, 2.75) is 49.8 Å². The fraction of sp³-hybridized carbons (Fsp3) is 0.625. The van der Waals surface area contributed by atoms with Crippen molar-refractivity contribution in [1.29, 1.82) is 0 Å². The van der Waals surface area contributed by atoms with Crippen molar-refractivity contribution in [1.82, 2.24) is 19.1 Å². The highest BCUT2D eigenvalue weighted by Crippen LogP contribution is 2.26. The fourth-order valence-electron chi connectivity index (χ4n) is 4.96. The Labute approximate surface area is 191 Å². The Morgan fingerprint density at radius 2 is 1.84 bits per heavy atom. The first-order valence-electron chi connectivity index (χ1n) is 12.0. The summed E-state index contributed by atoms with van der Waals surface area (Å²) >= 11 is 0. The minimum absolute atomic E-state index is 0.0146. The number of carbonyl (C=O) groups excluding carboxylic acids is 1. The molecule has 1 atom stereocenters. The third-order valence-electron chi connectivity index (χ3n) is 6.90. The third-order valence-corrected chi connectivity index (χ3v) is 8.76. The molecule has 4 rings (SSSR count). The molecule has 8 heteroatoms. The van der Waals surface area contributed by atoms with Crippen LogP contribution in [0.4, 0.5) is 0 Å². The highest BCUT2D eigenvalue weighted by molar-refractivity contribution is 7.89. The summed E-state index contributed by atoms with van der Waals surface area (Å²) in [6.45, 7) is 4.73. The van der Waals surface area contributed by atoms with E-state index >= 15 is 0 Å². The highest BCUT2D eigenvalue weighted by Gasteiger charge is 2.33. The molecule has 2 saturated heterocycles. The van der Waals surface area contributed by atoms with Crippen LogP contribution in [0.25, 0.3) is 10.9 Å². The first kappa shape index (κ1) is 23.3. The molecule has 176 valence electrons. The molecule has 1 amide bonds. The molecule has 2 fully saturated rings. The SMILES string of the molecule is Cn1ccc2cc(S(=O)(=O)N3CCC[C@@H](C(=O)NCCCN4CCCCCC4)C3)ccc21. The lowest BCUT2D eigenvalue weighted by Crippen LogP contribution is -2.45. The molecule has 0 aliphatic carbocycles. The summed E-state index contributed by atoms with van der Waals surface area (Å²) in [5.41, 5.74) is 1.00. The van der Waals surface area contributed by atoms with Crippen molar-refractivity contribution in [2.24, 2.45) is 13.0 Å². The summed E-state index contributed by atoms with van der Waals surface area (Å²) in [5.74, 6) is -0.295. The second-order valence-corrected chi connectivity index (χ2v) is 11.2. The molecule has 1 aromatic carbocycles. The average Bonchev–Trinajstić information content (AvgIpc) is 2.99.